The van der Waals surface area contributed by atoms with Gasteiger partial charge in [-0.2, -0.15) is 5.26 Å². The fourth-order valence-electron chi connectivity index (χ4n) is 2.06. The molecule has 0 amide bonds. The van der Waals surface area contributed by atoms with E-state index in [1.165, 1.54) is 11.1 Å². The molecule has 0 radical (unpaired) electrons. The Morgan fingerprint density at radius 3 is 2.75 bits per heavy atom. The maximum atomic E-state index is 8.58. The molecule has 0 spiro atoms. The molecule has 2 rings (SSSR count). The topological polar surface area (TPSA) is 45.0 Å². The molecule has 1 N–H and O–H groups in total. The molecule has 102 valence electrons. The predicted octanol–water partition coefficient (Wildman–Crippen LogP) is 3.19. The maximum absolute atomic E-state index is 8.58. The average Bonchev–Trinajstić information content (AvgIpc) is 2.46. The molecule has 0 aliphatic heterocycles. The van der Waals surface area contributed by atoms with E-state index in [-0.39, 0.29) is 6.61 Å². The Labute approximate surface area is 119 Å². The van der Waals surface area contributed by atoms with Gasteiger partial charge in [-0.3, -0.25) is 0 Å². The molecule has 0 aliphatic carbocycles. The van der Waals surface area contributed by atoms with Crippen molar-refractivity contribution in [2.24, 2.45) is 0 Å². The quantitative estimate of drug-likeness (QED) is 0.873. The molecule has 3 nitrogen and oxygen atoms in total. The van der Waals surface area contributed by atoms with Crippen LogP contribution in [0.3, 0.4) is 0 Å². The number of rotatable bonds is 6. The van der Waals surface area contributed by atoms with Crippen molar-refractivity contribution in [2.75, 3.05) is 6.61 Å². The van der Waals surface area contributed by atoms with Crippen molar-refractivity contribution in [1.82, 2.24) is 5.32 Å². The zero-order chi connectivity index (χ0) is 14.2. The van der Waals surface area contributed by atoms with Gasteiger partial charge in [0.25, 0.3) is 0 Å². The van der Waals surface area contributed by atoms with Gasteiger partial charge in [0, 0.05) is 18.7 Å². The van der Waals surface area contributed by atoms with Gasteiger partial charge in [0.2, 0.25) is 0 Å². The molecular weight excluding hydrogens is 248 g/mol. The van der Waals surface area contributed by atoms with Gasteiger partial charge < -0.3 is 10.1 Å². The highest BCUT2D eigenvalue weighted by Gasteiger charge is 2.02. The fraction of sp³-hybridized carbons (Fsp3) is 0.235. The number of ether oxygens (including phenoxy) is 1. The molecule has 0 unspecified atom stereocenters. The summed E-state index contributed by atoms with van der Waals surface area (Å²) in [7, 11) is 0. The van der Waals surface area contributed by atoms with Crippen LogP contribution in [0.1, 0.15) is 16.7 Å². The summed E-state index contributed by atoms with van der Waals surface area (Å²) in [4.78, 5) is 0. The van der Waals surface area contributed by atoms with Crippen LogP contribution >= 0.6 is 0 Å². The Morgan fingerprint density at radius 1 is 1.10 bits per heavy atom. The van der Waals surface area contributed by atoms with Crippen molar-refractivity contribution in [3.8, 4) is 11.8 Å². The zero-order valence-corrected chi connectivity index (χ0v) is 11.6. The van der Waals surface area contributed by atoms with E-state index in [1.807, 2.05) is 30.3 Å². The first-order valence-corrected chi connectivity index (χ1v) is 6.63. The van der Waals surface area contributed by atoms with Crippen molar-refractivity contribution in [3.05, 3.63) is 65.2 Å². The Hall–Kier alpha value is -2.31. The second-order valence-electron chi connectivity index (χ2n) is 4.65. The molecular formula is C17H18N2O. The number of hydrogen-bond donors (Lipinski definition) is 1. The first kappa shape index (κ1) is 14.1. The van der Waals surface area contributed by atoms with Gasteiger partial charge in [0.05, 0.1) is 0 Å². The summed E-state index contributed by atoms with van der Waals surface area (Å²) in [6.45, 7) is 3.70. The van der Waals surface area contributed by atoms with Gasteiger partial charge in [-0.25, -0.2) is 0 Å². The zero-order valence-electron chi connectivity index (χ0n) is 11.6. The number of nitrogens with zero attached hydrogens (tertiary/aromatic N) is 1. The molecule has 0 bridgehead atoms. The Morgan fingerprint density at radius 2 is 1.95 bits per heavy atom. The minimum Gasteiger partial charge on any atom is -0.478 e. The monoisotopic (exact) mass is 266 g/mol. The van der Waals surface area contributed by atoms with E-state index in [4.69, 9.17) is 10.00 Å². The molecule has 0 aromatic heterocycles. The number of aryl methyl sites for hydroxylation is 1. The van der Waals surface area contributed by atoms with Crippen molar-refractivity contribution in [2.45, 2.75) is 20.0 Å². The van der Waals surface area contributed by atoms with E-state index < -0.39 is 0 Å². The predicted molar refractivity (Wildman–Crippen MR) is 79.3 cm³/mol. The van der Waals surface area contributed by atoms with E-state index >= 15 is 0 Å². The van der Waals surface area contributed by atoms with Gasteiger partial charge in [-0.1, -0.05) is 48.0 Å². The third-order valence-electron chi connectivity index (χ3n) is 2.99. The van der Waals surface area contributed by atoms with Crippen molar-refractivity contribution in [1.29, 1.82) is 5.26 Å². The number of nitrogens with one attached hydrogen (secondary N) is 1. The summed E-state index contributed by atoms with van der Waals surface area (Å²) >= 11 is 0. The summed E-state index contributed by atoms with van der Waals surface area (Å²) in [5, 5.41) is 12.0. The molecule has 3 heteroatoms. The molecule has 0 aliphatic rings. The van der Waals surface area contributed by atoms with E-state index in [2.05, 4.69) is 36.5 Å². The van der Waals surface area contributed by atoms with Crippen LogP contribution in [0.25, 0.3) is 0 Å². The van der Waals surface area contributed by atoms with Crippen LogP contribution in [0, 0.1) is 18.3 Å². The number of benzene rings is 2. The lowest BCUT2D eigenvalue weighted by Crippen LogP contribution is -2.13. The number of para-hydroxylation sites is 1. The molecule has 2 aromatic rings. The number of hydrogen-bond acceptors (Lipinski definition) is 3. The van der Waals surface area contributed by atoms with Gasteiger partial charge in [-0.15, -0.1) is 0 Å². The lowest BCUT2D eigenvalue weighted by Gasteiger charge is -2.10. The van der Waals surface area contributed by atoms with E-state index in [1.54, 1.807) is 0 Å². The molecule has 0 saturated heterocycles. The molecule has 20 heavy (non-hydrogen) atoms. The fourth-order valence-corrected chi connectivity index (χ4v) is 2.06. The van der Waals surface area contributed by atoms with Crippen LogP contribution < -0.4 is 10.1 Å². The average molecular weight is 266 g/mol. The van der Waals surface area contributed by atoms with Crippen LogP contribution in [-0.2, 0) is 13.1 Å². The third-order valence-corrected chi connectivity index (χ3v) is 2.99. The second kappa shape index (κ2) is 7.32. The lowest BCUT2D eigenvalue weighted by molar-refractivity contribution is 0.362. The van der Waals surface area contributed by atoms with Crippen LogP contribution in [0.15, 0.2) is 48.5 Å². The Bertz CT molecular complexity index is 602. The van der Waals surface area contributed by atoms with Crippen molar-refractivity contribution < 1.29 is 4.74 Å². The van der Waals surface area contributed by atoms with Crippen LogP contribution in [0.2, 0.25) is 0 Å². The summed E-state index contributed by atoms with van der Waals surface area (Å²) in [5.74, 6) is 0.769. The third kappa shape index (κ3) is 4.11. The molecule has 0 saturated carbocycles. The smallest absolute Gasteiger partial charge is 0.174 e. The van der Waals surface area contributed by atoms with E-state index in [0.29, 0.717) is 0 Å². The highest BCUT2D eigenvalue weighted by atomic mass is 16.5. The Balaban J connectivity index is 1.92. The molecule has 0 atom stereocenters. The van der Waals surface area contributed by atoms with E-state index in [0.717, 1.165) is 24.4 Å². The second-order valence-corrected chi connectivity index (χ2v) is 4.65. The van der Waals surface area contributed by atoms with E-state index in [9.17, 15) is 0 Å². The van der Waals surface area contributed by atoms with Crippen LogP contribution in [0.5, 0.6) is 5.75 Å². The van der Waals surface area contributed by atoms with Gasteiger partial charge in [0.1, 0.15) is 11.8 Å². The highest BCUT2D eigenvalue weighted by Crippen LogP contribution is 2.17. The molecule has 0 heterocycles. The van der Waals surface area contributed by atoms with Crippen LogP contribution in [-0.4, -0.2) is 6.61 Å². The standard InChI is InChI=1S/C17H18N2O/c1-14-5-4-6-15(11-14)12-19-13-16-7-2-3-8-17(16)20-10-9-18/h2-8,11,19H,10,12-13H2,1H3. The molecule has 2 aromatic carbocycles. The van der Waals surface area contributed by atoms with Crippen molar-refractivity contribution >= 4 is 0 Å². The van der Waals surface area contributed by atoms with Crippen LogP contribution in [0.4, 0.5) is 0 Å². The highest BCUT2D eigenvalue weighted by molar-refractivity contribution is 5.33. The maximum Gasteiger partial charge on any atom is 0.174 e. The molecule has 0 fully saturated rings. The van der Waals surface area contributed by atoms with Gasteiger partial charge >= 0.3 is 0 Å². The summed E-state index contributed by atoms with van der Waals surface area (Å²) in [6.07, 6.45) is 0. The minimum atomic E-state index is 0.0783. The first-order chi connectivity index (χ1) is 9.79. The summed E-state index contributed by atoms with van der Waals surface area (Å²) in [5.41, 5.74) is 3.60. The van der Waals surface area contributed by atoms with Gasteiger partial charge in [0.15, 0.2) is 6.61 Å². The minimum absolute atomic E-state index is 0.0783. The largest absolute Gasteiger partial charge is 0.478 e. The SMILES string of the molecule is Cc1cccc(CNCc2ccccc2OCC#N)c1. The summed E-state index contributed by atoms with van der Waals surface area (Å²) < 4.78 is 5.41. The first-order valence-electron chi connectivity index (χ1n) is 6.63. The normalized spacial score (nSPS) is 10.0. The lowest BCUT2D eigenvalue weighted by atomic mass is 10.1. The Kier molecular flexibility index (Phi) is 5.16. The van der Waals surface area contributed by atoms with Crippen molar-refractivity contribution in [3.63, 3.8) is 0 Å². The van der Waals surface area contributed by atoms with Gasteiger partial charge in [-0.05, 0) is 18.6 Å². The summed E-state index contributed by atoms with van der Waals surface area (Å²) in [6, 6.07) is 18.2. The number of nitriles is 1.